The fourth-order valence-electron chi connectivity index (χ4n) is 2.83. The van der Waals surface area contributed by atoms with Crippen LogP contribution in [0.5, 0.6) is 0 Å². The Morgan fingerprint density at radius 3 is 2.67 bits per heavy atom. The third-order valence-electron chi connectivity index (χ3n) is 4.13. The van der Waals surface area contributed by atoms with Gasteiger partial charge in [0.2, 0.25) is 0 Å². The second-order valence-corrected chi connectivity index (χ2v) is 6.05. The Hall–Kier alpha value is -2.40. The Labute approximate surface area is 142 Å². The number of hydrogen-bond donors (Lipinski definition) is 2. The van der Waals surface area contributed by atoms with Gasteiger partial charge in [-0.3, -0.25) is 9.78 Å². The number of pyridine rings is 1. The van der Waals surface area contributed by atoms with E-state index in [0.717, 1.165) is 42.9 Å². The Morgan fingerprint density at radius 1 is 1.17 bits per heavy atom. The number of nitrogens with one attached hydrogen (secondary N) is 2. The van der Waals surface area contributed by atoms with E-state index in [1.807, 2.05) is 49.4 Å². The highest BCUT2D eigenvalue weighted by atomic mass is 16.5. The van der Waals surface area contributed by atoms with Gasteiger partial charge in [0.1, 0.15) is 6.10 Å². The topological polar surface area (TPSA) is 63.2 Å². The molecule has 0 unspecified atom stereocenters. The van der Waals surface area contributed by atoms with Crippen molar-refractivity contribution in [2.75, 3.05) is 17.2 Å². The van der Waals surface area contributed by atoms with Crippen molar-refractivity contribution < 1.29 is 9.53 Å². The highest BCUT2D eigenvalue weighted by Gasteiger charge is 2.28. The van der Waals surface area contributed by atoms with E-state index in [4.69, 9.17) is 4.74 Å². The summed E-state index contributed by atoms with van der Waals surface area (Å²) in [5.74, 6) is -0.0710. The van der Waals surface area contributed by atoms with Gasteiger partial charge in [-0.1, -0.05) is 18.2 Å². The first kappa shape index (κ1) is 16.5. The van der Waals surface area contributed by atoms with E-state index < -0.39 is 0 Å². The molecule has 1 saturated heterocycles. The zero-order valence-corrected chi connectivity index (χ0v) is 13.9. The van der Waals surface area contributed by atoms with E-state index in [0.29, 0.717) is 0 Å². The number of ether oxygens (including phenoxy) is 1. The Bertz CT molecular complexity index is 675. The molecule has 5 nitrogen and oxygen atoms in total. The molecule has 2 aromatic rings. The van der Waals surface area contributed by atoms with E-state index >= 15 is 0 Å². The summed E-state index contributed by atoms with van der Waals surface area (Å²) in [6.07, 6.45) is 4.15. The predicted molar refractivity (Wildman–Crippen MR) is 95.1 cm³/mol. The third-order valence-corrected chi connectivity index (χ3v) is 4.13. The van der Waals surface area contributed by atoms with E-state index in [9.17, 15) is 4.79 Å². The minimum absolute atomic E-state index is 0.0710. The molecule has 126 valence electrons. The Morgan fingerprint density at radius 2 is 1.96 bits per heavy atom. The van der Waals surface area contributed by atoms with Crippen molar-refractivity contribution in [3.8, 4) is 0 Å². The van der Waals surface area contributed by atoms with Crippen LogP contribution in [-0.4, -0.2) is 29.6 Å². The van der Waals surface area contributed by atoms with Crippen LogP contribution in [-0.2, 0) is 16.0 Å². The number of benzene rings is 1. The molecule has 5 heteroatoms. The first-order chi connectivity index (χ1) is 11.7. The normalized spacial score (nSPS) is 19.9. The summed E-state index contributed by atoms with van der Waals surface area (Å²) in [6.45, 7) is 2.75. The largest absolute Gasteiger partial charge is 0.383 e. The minimum Gasteiger partial charge on any atom is -0.383 e. The number of carbonyl (C=O) groups excluding carboxylic acids is 1. The number of rotatable bonds is 6. The van der Waals surface area contributed by atoms with Gasteiger partial charge in [-0.25, -0.2) is 0 Å². The van der Waals surface area contributed by atoms with Crippen LogP contribution in [0.3, 0.4) is 0 Å². The molecule has 24 heavy (non-hydrogen) atoms. The third kappa shape index (κ3) is 4.32. The van der Waals surface area contributed by atoms with Gasteiger partial charge in [0.15, 0.2) is 0 Å². The highest BCUT2D eigenvalue weighted by Crippen LogP contribution is 2.24. The maximum Gasteiger partial charge on any atom is 0.253 e. The molecule has 0 radical (unpaired) electrons. The summed E-state index contributed by atoms with van der Waals surface area (Å²) >= 11 is 0. The highest BCUT2D eigenvalue weighted by molar-refractivity contribution is 5.97. The van der Waals surface area contributed by atoms with Crippen molar-refractivity contribution in [3.05, 3.63) is 54.4 Å². The van der Waals surface area contributed by atoms with Gasteiger partial charge < -0.3 is 15.4 Å². The van der Waals surface area contributed by atoms with Crippen molar-refractivity contribution >= 4 is 17.3 Å². The zero-order chi connectivity index (χ0) is 16.8. The number of para-hydroxylation sites is 2. The van der Waals surface area contributed by atoms with Gasteiger partial charge >= 0.3 is 0 Å². The molecule has 0 saturated carbocycles. The van der Waals surface area contributed by atoms with Gasteiger partial charge in [0, 0.05) is 24.9 Å². The fraction of sp³-hybridized carbons (Fsp3) is 0.368. The Balaban J connectivity index is 1.57. The molecule has 1 amide bonds. The lowest BCUT2D eigenvalue weighted by atomic mass is 10.2. The summed E-state index contributed by atoms with van der Waals surface area (Å²) in [5, 5.41) is 6.35. The van der Waals surface area contributed by atoms with Crippen LogP contribution in [0, 0.1) is 0 Å². The molecular weight excluding hydrogens is 302 g/mol. The summed E-state index contributed by atoms with van der Waals surface area (Å²) < 4.78 is 5.63. The summed E-state index contributed by atoms with van der Waals surface area (Å²) in [5.41, 5.74) is 2.74. The van der Waals surface area contributed by atoms with Crippen LogP contribution < -0.4 is 10.6 Å². The first-order valence-electron chi connectivity index (χ1n) is 8.41. The average molecular weight is 325 g/mol. The van der Waals surface area contributed by atoms with E-state index in [1.54, 1.807) is 6.20 Å². The second-order valence-electron chi connectivity index (χ2n) is 6.05. The molecule has 2 heterocycles. The van der Waals surface area contributed by atoms with E-state index in [-0.39, 0.29) is 18.1 Å². The van der Waals surface area contributed by atoms with Crippen molar-refractivity contribution in [1.82, 2.24) is 4.98 Å². The van der Waals surface area contributed by atoms with Crippen LogP contribution in [0.15, 0.2) is 48.7 Å². The van der Waals surface area contributed by atoms with Crippen LogP contribution >= 0.6 is 0 Å². The molecule has 2 atom stereocenters. The summed E-state index contributed by atoms with van der Waals surface area (Å²) in [4.78, 5) is 16.6. The molecule has 1 aliphatic heterocycles. The quantitative estimate of drug-likeness (QED) is 0.856. The maximum atomic E-state index is 12.3. The molecule has 0 bridgehead atoms. The lowest BCUT2D eigenvalue weighted by Gasteiger charge is -2.15. The van der Waals surface area contributed by atoms with Gasteiger partial charge in [-0.2, -0.15) is 0 Å². The molecule has 2 N–H and O–H groups in total. The number of anilines is 2. The van der Waals surface area contributed by atoms with Crippen molar-refractivity contribution in [2.45, 2.75) is 38.4 Å². The van der Waals surface area contributed by atoms with Gasteiger partial charge in [0.05, 0.1) is 17.5 Å². The number of hydrogen-bond acceptors (Lipinski definition) is 4. The molecule has 1 fully saturated rings. The number of amides is 1. The maximum absolute atomic E-state index is 12.3. The van der Waals surface area contributed by atoms with E-state index in [2.05, 4.69) is 15.6 Å². The lowest BCUT2D eigenvalue weighted by molar-refractivity contribution is -0.126. The number of carbonyl (C=O) groups is 1. The van der Waals surface area contributed by atoms with Crippen LogP contribution in [0.4, 0.5) is 11.4 Å². The zero-order valence-electron chi connectivity index (χ0n) is 13.9. The Kier molecular flexibility index (Phi) is 5.43. The van der Waals surface area contributed by atoms with Crippen molar-refractivity contribution in [3.63, 3.8) is 0 Å². The molecule has 0 spiro atoms. The number of aromatic nitrogens is 1. The van der Waals surface area contributed by atoms with Gasteiger partial charge in [0.25, 0.3) is 5.91 Å². The monoisotopic (exact) mass is 325 g/mol. The molecule has 1 aromatic heterocycles. The van der Waals surface area contributed by atoms with Gasteiger partial charge in [-0.05, 0) is 44.0 Å². The standard InChI is InChI=1S/C19H23N3O2/c1-14-9-10-18(24-14)19(23)22-17-8-3-2-7-16(17)21-13-11-15-6-4-5-12-20-15/h2-8,12,14,18,21H,9-11,13H2,1H3,(H,22,23)/t14-,18+/m0/s1. The molecule has 1 aromatic carbocycles. The second kappa shape index (κ2) is 7.93. The van der Waals surface area contributed by atoms with Crippen LogP contribution in [0.1, 0.15) is 25.5 Å². The SMILES string of the molecule is C[C@H]1CC[C@H](C(=O)Nc2ccccc2NCCc2ccccn2)O1. The predicted octanol–water partition coefficient (Wildman–Crippen LogP) is 3.24. The summed E-state index contributed by atoms with van der Waals surface area (Å²) in [7, 11) is 0. The van der Waals surface area contributed by atoms with E-state index in [1.165, 1.54) is 0 Å². The molecule has 0 aliphatic carbocycles. The van der Waals surface area contributed by atoms with Crippen LogP contribution in [0.25, 0.3) is 0 Å². The molecule has 1 aliphatic rings. The fourth-order valence-corrected chi connectivity index (χ4v) is 2.83. The van der Waals surface area contributed by atoms with Crippen molar-refractivity contribution in [2.24, 2.45) is 0 Å². The smallest absolute Gasteiger partial charge is 0.253 e. The minimum atomic E-state index is -0.346. The lowest BCUT2D eigenvalue weighted by Crippen LogP contribution is -2.28. The molecular formula is C19H23N3O2. The van der Waals surface area contributed by atoms with Crippen LogP contribution in [0.2, 0.25) is 0 Å². The number of nitrogens with zero attached hydrogens (tertiary/aromatic N) is 1. The van der Waals surface area contributed by atoms with Gasteiger partial charge in [-0.15, -0.1) is 0 Å². The first-order valence-corrected chi connectivity index (χ1v) is 8.41. The molecule has 3 rings (SSSR count). The summed E-state index contributed by atoms with van der Waals surface area (Å²) in [6, 6.07) is 13.6. The van der Waals surface area contributed by atoms with Crippen molar-refractivity contribution in [1.29, 1.82) is 0 Å². The average Bonchev–Trinajstić information content (AvgIpc) is 3.04.